The summed E-state index contributed by atoms with van der Waals surface area (Å²) in [5.41, 5.74) is -2.56. The smallest absolute Gasteiger partial charge is 0.354 e. The van der Waals surface area contributed by atoms with Crippen LogP contribution in [0.4, 0.5) is 19.0 Å². The predicted molar refractivity (Wildman–Crippen MR) is 113 cm³/mol. The van der Waals surface area contributed by atoms with Gasteiger partial charge in [0.15, 0.2) is 0 Å². The second-order valence-corrected chi connectivity index (χ2v) is 8.88. The van der Waals surface area contributed by atoms with E-state index in [1.54, 1.807) is 20.8 Å². The number of piperazine rings is 1. The molecule has 3 rings (SSSR count). The number of H-pyrrole nitrogens is 1. The van der Waals surface area contributed by atoms with Crippen LogP contribution in [-0.4, -0.2) is 62.4 Å². The van der Waals surface area contributed by atoms with E-state index in [2.05, 4.69) is 25.0 Å². The zero-order valence-corrected chi connectivity index (χ0v) is 18.4. The molecule has 2 aromatic heterocycles. The normalized spacial score (nSPS) is 15.9. The van der Waals surface area contributed by atoms with Crippen LogP contribution in [0.25, 0.3) is 0 Å². The topological polar surface area (TPSA) is 100 Å². The highest BCUT2D eigenvalue weighted by molar-refractivity contribution is 5.42. The molecular formula is C20H28F3N7O2. The third-order valence-corrected chi connectivity index (χ3v) is 5.24. The first kappa shape index (κ1) is 23.9. The van der Waals surface area contributed by atoms with Crippen LogP contribution < -0.4 is 16.1 Å². The fourth-order valence-electron chi connectivity index (χ4n) is 3.41. The molecule has 0 aromatic carbocycles. The molecule has 0 saturated carbocycles. The molecule has 0 unspecified atom stereocenters. The van der Waals surface area contributed by atoms with Gasteiger partial charge < -0.3 is 4.90 Å². The molecule has 0 radical (unpaired) electrons. The van der Waals surface area contributed by atoms with Crippen molar-refractivity contribution in [2.24, 2.45) is 0 Å². The summed E-state index contributed by atoms with van der Waals surface area (Å²) in [5, 5.41) is 3.80. The van der Waals surface area contributed by atoms with Crippen molar-refractivity contribution in [3.8, 4) is 0 Å². The maximum Gasteiger partial charge on any atom is 0.433 e. The molecule has 0 spiro atoms. The summed E-state index contributed by atoms with van der Waals surface area (Å²) >= 11 is 0. The van der Waals surface area contributed by atoms with Gasteiger partial charge in [0.1, 0.15) is 23.5 Å². The van der Waals surface area contributed by atoms with Gasteiger partial charge >= 0.3 is 11.9 Å². The van der Waals surface area contributed by atoms with Crippen molar-refractivity contribution in [3.05, 3.63) is 44.6 Å². The van der Waals surface area contributed by atoms with E-state index >= 15 is 0 Å². The molecule has 1 fully saturated rings. The van der Waals surface area contributed by atoms with Gasteiger partial charge in [0, 0.05) is 44.2 Å². The van der Waals surface area contributed by atoms with Crippen LogP contribution >= 0.6 is 0 Å². The zero-order chi connectivity index (χ0) is 23.5. The predicted octanol–water partition coefficient (Wildman–Crippen LogP) is 1.64. The van der Waals surface area contributed by atoms with Crippen molar-refractivity contribution in [3.63, 3.8) is 0 Å². The Morgan fingerprint density at radius 2 is 1.66 bits per heavy atom. The lowest BCUT2D eigenvalue weighted by Crippen LogP contribution is -2.47. The monoisotopic (exact) mass is 455 g/mol. The lowest BCUT2D eigenvalue weighted by Gasteiger charge is -2.36. The standard InChI is InChI=1S/C20H28F3N7O2/c1-19(2,3)17-25-14(20(21,22)23)12-15(26-17)29-10-8-28(9-11-29)6-4-5-7-30-18(32)27-16(31)13-24-30/h12-13H,4-11H2,1-3H3,(H,27,31,32). The van der Waals surface area contributed by atoms with Gasteiger partial charge in [0.2, 0.25) is 0 Å². The molecule has 176 valence electrons. The maximum absolute atomic E-state index is 13.3. The van der Waals surface area contributed by atoms with E-state index in [1.807, 2.05) is 4.90 Å². The van der Waals surface area contributed by atoms with Crippen LogP contribution in [0, 0.1) is 0 Å². The number of rotatable bonds is 6. The zero-order valence-electron chi connectivity index (χ0n) is 18.4. The van der Waals surface area contributed by atoms with Crippen molar-refractivity contribution in [2.75, 3.05) is 37.6 Å². The summed E-state index contributed by atoms with van der Waals surface area (Å²) in [6, 6.07) is 1.03. The lowest BCUT2D eigenvalue weighted by atomic mass is 9.95. The van der Waals surface area contributed by atoms with E-state index < -0.39 is 28.5 Å². The molecule has 1 aliphatic heterocycles. The van der Waals surface area contributed by atoms with E-state index in [1.165, 1.54) is 4.68 Å². The van der Waals surface area contributed by atoms with E-state index in [-0.39, 0.29) is 5.82 Å². The van der Waals surface area contributed by atoms with Crippen LogP contribution in [0.1, 0.15) is 45.1 Å². The highest BCUT2D eigenvalue weighted by Crippen LogP contribution is 2.32. The molecule has 0 aliphatic carbocycles. The van der Waals surface area contributed by atoms with Crippen LogP contribution in [0.15, 0.2) is 21.9 Å². The van der Waals surface area contributed by atoms with Crippen molar-refractivity contribution >= 4 is 5.82 Å². The van der Waals surface area contributed by atoms with E-state index in [9.17, 15) is 22.8 Å². The molecular weight excluding hydrogens is 427 g/mol. The summed E-state index contributed by atoms with van der Waals surface area (Å²) in [7, 11) is 0. The summed E-state index contributed by atoms with van der Waals surface area (Å²) in [6.45, 7) is 9.13. The largest absolute Gasteiger partial charge is 0.433 e. The molecule has 0 atom stereocenters. The SMILES string of the molecule is CC(C)(C)c1nc(N2CCN(CCCCn3ncc(=O)[nH]c3=O)CC2)cc(C(F)(F)F)n1. The molecule has 32 heavy (non-hydrogen) atoms. The highest BCUT2D eigenvalue weighted by atomic mass is 19.4. The first-order chi connectivity index (χ1) is 14.9. The van der Waals surface area contributed by atoms with E-state index in [0.29, 0.717) is 38.5 Å². The number of alkyl halides is 3. The minimum atomic E-state index is -4.53. The molecule has 9 nitrogen and oxygen atoms in total. The van der Waals surface area contributed by atoms with Gasteiger partial charge in [-0.15, -0.1) is 0 Å². The summed E-state index contributed by atoms with van der Waals surface area (Å²) in [4.78, 5) is 37.1. The van der Waals surface area contributed by atoms with E-state index in [4.69, 9.17) is 0 Å². The van der Waals surface area contributed by atoms with Crippen LogP contribution in [0.2, 0.25) is 0 Å². The molecule has 1 N–H and O–H groups in total. The van der Waals surface area contributed by atoms with Crippen molar-refractivity contribution in [1.29, 1.82) is 0 Å². The van der Waals surface area contributed by atoms with Crippen LogP contribution in [0.3, 0.4) is 0 Å². The van der Waals surface area contributed by atoms with E-state index in [0.717, 1.165) is 31.6 Å². The summed E-state index contributed by atoms with van der Waals surface area (Å²) in [5.74, 6) is 0.483. The number of aromatic amines is 1. The van der Waals surface area contributed by atoms with Gasteiger partial charge in [0.05, 0.1) is 0 Å². The lowest BCUT2D eigenvalue weighted by molar-refractivity contribution is -0.141. The number of aromatic nitrogens is 5. The maximum atomic E-state index is 13.3. The van der Waals surface area contributed by atoms with Gasteiger partial charge in [-0.25, -0.2) is 19.4 Å². The molecule has 2 aromatic rings. The fourth-order valence-corrected chi connectivity index (χ4v) is 3.41. The number of aryl methyl sites for hydroxylation is 1. The molecule has 12 heteroatoms. The number of halogens is 3. The van der Waals surface area contributed by atoms with Gasteiger partial charge in [-0.2, -0.15) is 18.3 Å². The summed E-state index contributed by atoms with van der Waals surface area (Å²) in [6.07, 6.45) is -1.91. The van der Waals surface area contributed by atoms with Gasteiger partial charge in [0.25, 0.3) is 5.56 Å². The Kier molecular flexibility index (Phi) is 7.01. The van der Waals surface area contributed by atoms with Crippen molar-refractivity contribution < 1.29 is 13.2 Å². The molecule has 1 saturated heterocycles. The Hall–Kier alpha value is -2.76. The molecule has 0 bridgehead atoms. The first-order valence-electron chi connectivity index (χ1n) is 10.5. The average molecular weight is 455 g/mol. The number of nitrogens with one attached hydrogen (secondary N) is 1. The Labute approximate surface area is 183 Å². The molecule has 1 aliphatic rings. The minimum Gasteiger partial charge on any atom is -0.354 e. The van der Waals surface area contributed by atoms with Gasteiger partial charge in [-0.3, -0.25) is 14.7 Å². The Bertz CT molecular complexity index is 1000. The highest BCUT2D eigenvalue weighted by Gasteiger charge is 2.35. The number of hydrogen-bond donors (Lipinski definition) is 1. The van der Waals surface area contributed by atoms with Crippen LogP contribution in [0.5, 0.6) is 0 Å². The fraction of sp³-hybridized carbons (Fsp3) is 0.650. The quantitative estimate of drug-likeness (QED) is 0.661. The average Bonchev–Trinajstić information content (AvgIpc) is 2.71. The third kappa shape index (κ3) is 6.15. The number of hydrogen-bond acceptors (Lipinski definition) is 7. The second kappa shape index (κ2) is 9.39. The minimum absolute atomic E-state index is 0.177. The molecule has 3 heterocycles. The Balaban J connectivity index is 1.55. The Morgan fingerprint density at radius 1 is 1.00 bits per heavy atom. The number of nitrogens with zero attached hydrogens (tertiary/aromatic N) is 6. The second-order valence-electron chi connectivity index (χ2n) is 8.88. The molecule has 0 amide bonds. The van der Waals surface area contributed by atoms with Gasteiger partial charge in [-0.05, 0) is 19.4 Å². The van der Waals surface area contributed by atoms with Crippen molar-refractivity contribution in [1.82, 2.24) is 29.6 Å². The van der Waals surface area contributed by atoms with Crippen molar-refractivity contribution in [2.45, 2.75) is 51.7 Å². The Morgan fingerprint density at radius 3 is 2.25 bits per heavy atom. The summed E-state index contributed by atoms with van der Waals surface area (Å²) < 4.78 is 41.3. The van der Waals surface area contributed by atoms with Crippen LogP contribution in [-0.2, 0) is 18.1 Å². The third-order valence-electron chi connectivity index (χ3n) is 5.24. The van der Waals surface area contributed by atoms with Gasteiger partial charge in [-0.1, -0.05) is 20.8 Å². The number of anilines is 1. The number of unbranched alkanes of at least 4 members (excludes halogenated alkanes) is 1. The first-order valence-corrected chi connectivity index (χ1v) is 10.5.